The number of fused-ring (bicyclic) bond motifs is 1. The number of pyridine rings is 1. The molecule has 3 aromatic rings. The molecule has 37 heavy (non-hydrogen) atoms. The van der Waals surface area contributed by atoms with E-state index in [1.54, 1.807) is 19.2 Å². The molecule has 0 amide bonds. The Kier molecular flexibility index (Phi) is 7.10. The van der Waals surface area contributed by atoms with Crippen molar-refractivity contribution in [2.45, 2.75) is 51.7 Å². The Labute approximate surface area is 210 Å². The van der Waals surface area contributed by atoms with Crippen LogP contribution in [0.4, 0.5) is 23.4 Å². The Morgan fingerprint density at radius 3 is 2.51 bits per heavy atom. The lowest BCUT2D eigenvalue weighted by Gasteiger charge is -2.48. The molecular formula is C25H26F4N6O2. The minimum atomic E-state index is -4.90. The lowest BCUT2D eigenvalue weighted by atomic mass is 9.97. The van der Waals surface area contributed by atoms with Gasteiger partial charge in [-0.3, -0.25) is 9.47 Å². The summed E-state index contributed by atoms with van der Waals surface area (Å²) in [5.74, 6) is -1.01. The molecule has 3 atom stereocenters. The molecule has 0 N–H and O–H groups in total. The molecule has 0 saturated carbocycles. The fraction of sp³-hybridized carbons (Fsp3) is 0.440. The van der Waals surface area contributed by atoms with Gasteiger partial charge in [0.25, 0.3) is 0 Å². The second kappa shape index (κ2) is 9.97. The first-order valence-electron chi connectivity index (χ1n) is 11.8. The highest BCUT2D eigenvalue weighted by Crippen LogP contribution is 2.35. The number of hydrogen-bond donors (Lipinski definition) is 0. The highest BCUT2D eigenvalue weighted by Gasteiger charge is 2.36. The summed E-state index contributed by atoms with van der Waals surface area (Å²) in [5.41, 5.74) is 1.01. The van der Waals surface area contributed by atoms with E-state index in [1.165, 1.54) is 10.6 Å². The Morgan fingerprint density at radius 2 is 1.89 bits per heavy atom. The van der Waals surface area contributed by atoms with Crippen molar-refractivity contribution >= 4 is 16.9 Å². The van der Waals surface area contributed by atoms with E-state index in [9.17, 15) is 27.6 Å². The standard InChI is InChI=1S/C25H26F4N6O2/c1-5-20(18-8-7-17(10-19(18)26)37-25(27,28)29)34-12-15(3)35(13-14(34)2)23-22-21(33(4)24(36)32-23)9-6-16(11-30)31-22/h6-10,14-15,20H,5,12-13H2,1-4H3/t14-,15+,20?/m1/s1. The number of nitrogens with zero attached hydrogens (tertiary/aromatic N) is 6. The summed E-state index contributed by atoms with van der Waals surface area (Å²) in [6, 6.07) is 7.73. The van der Waals surface area contributed by atoms with Gasteiger partial charge in [0.15, 0.2) is 5.82 Å². The van der Waals surface area contributed by atoms with Crippen LogP contribution in [0, 0.1) is 17.1 Å². The average Bonchev–Trinajstić information content (AvgIpc) is 2.83. The van der Waals surface area contributed by atoms with Gasteiger partial charge in [-0.25, -0.2) is 14.2 Å². The van der Waals surface area contributed by atoms with Crippen LogP contribution in [-0.4, -0.2) is 51.0 Å². The minimum Gasteiger partial charge on any atom is -0.406 e. The second-order valence-corrected chi connectivity index (χ2v) is 9.16. The highest BCUT2D eigenvalue weighted by atomic mass is 19.4. The van der Waals surface area contributed by atoms with Crippen LogP contribution in [0.2, 0.25) is 0 Å². The molecule has 1 aromatic carbocycles. The molecule has 1 aliphatic heterocycles. The Bertz CT molecular complexity index is 1420. The van der Waals surface area contributed by atoms with E-state index in [4.69, 9.17) is 0 Å². The van der Waals surface area contributed by atoms with Gasteiger partial charge >= 0.3 is 12.1 Å². The van der Waals surface area contributed by atoms with E-state index in [0.717, 1.165) is 12.1 Å². The fourth-order valence-corrected chi connectivity index (χ4v) is 4.96. The first-order chi connectivity index (χ1) is 17.4. The van der Waals surface area contributed by atoms with E-state index in [1.807, 2.05) is 31.7 Å². The zero-order valence-corrected chi connectivity index (χ0v) is 20.8. The van der Waals surface area contributed by atoms with Crippen molar-refractivity contribution in [2.75, 3.05) is 18.0 Å². The normalized spacial score (nSPS) is 19.6. The van der Waals surface area contributed by atoms with Crippen LogP contribution in [0.5, 0.6) is 5.75 Å². The van der Waals surface area contributed by atoms with Crippen molar-refractivity contribution in [3.63, 3.8) is 0 Å². The summed E-state index contributed by atoms with van der Waals surface area (Å²) in [7, 11) is 1.59. The maximum atomic E-state index is 14.9. The van der Waals surface area contributed by atoms with Crippen LogP contribution in [0.3, 0.4) is 0 Å². The number of halogens is 4. The summed E-state index contributed by atoms with van der Waals surface area (Å²) in [5, 5.41) is 9.33. The number of anilines is 1. The molecule has 3 heterocycles. The zero-order valence-electron chi connectivity index (χ0n) is 20.8. The first kappa shape index (κ1) is 26.3. The number of alkyl halides is 3. The number of rotatable bonds is 5. The van der Waals surface area contributed by atoms with E-state index >= 15 is 0 Å². The summed E-state index contributed by atoms with van der Waals surface area (Å²) < 4.78 is 57.8. The molecule has 0 bridgehead atoms. The molecule has 196 valence electrons. The predicted molar refractivity (Wildman–Crippen MR) is 129 cm³/mol. The van der Waals surface area contributed by atoms with Gasteiger partial charge in [-0.1, -0.05) is 13.0 Å². The number of piperazine rings is 1. The van der Waals surface area contributed by atoms with Crippen LogP contribution in [-0.2, 0) is 7.05 Å². The number of benzene rings is 1. The van der Waals surface area contributed by atoms with Crippen LogP contribution < -0.4 is 15.3 Å². The average molecular weight is 519 g/mol. The Hall–Kier alpha value is -3.72. The molecule has 1 aliphatic rings. The second-order valence-electron chi connectivity index (χ2n) is 9.16. The third-order valence-electron chi connectivity index (χ3n) is 6.71. The van der Waals surface area contributed by atoms with E-state index in [2.05, 4.69) is 19.6 Å². The molecule has 0 aliphatic carbocycles. The zero-order chi connectivity index (χ0) is 27.1. The maximum Gasteiger partial charge on any atom is 0.573 e. The molecule has 8 nitrogen and oxygen atoms in total. The molecule has 4 rings (SSSR count). The smallest absolute Gasteiger partial charge is 0.406 e. The molecule has 0 radical (unpaired) electrons. The largest absolute Gasteiger partial charge is 0.573 e. The van der Waals surface area contributed by atoms with Crippen LogP contribution in [0.25, 0.3) is 11.0 Å². The monoisotopic (exact) mass is 518 g/mol. The number of hydrogen-bond acceptors (Lipinski definition) is 7. The van der Waals surface area contributed by atoms with Gasteiger partial charge < -0.3 is 9.64 Å². The van der Waals surface area contributed by atoms with Crippen molar-refractivity contribution in [1.29, 1.82) is 5.26 Å². The summed E-state index contributed by atoms with van der Waals surface area (Å²) >= 11 is 0. The van der Waals surface area contributed by atoms with Crippen LogP contribution in [0.1, 0.15) is 44.5 Å². The van der Waals surface area contributed by atoms with Gasteiger partial charge in [0.1, 0.15) is 28.8 Å². The molecule has 1 unspecified atom stereocenters. The quantitative estimate of drug-likeness (QED) is 0.466. The number of aromatic nitrogens is 3. The summed E-state index contributed by atoms with van der Waals surface area (Å²) in [4.78, 5) is 25.3. The van der Waals surface area contributed by atoms with Gasteiger partial charge in [0.05, 0.1) is 5.52 Å². The lowest BCUT2D eigenvalue weighted by molar-refractivity contribution is -0.274. The van der Waals surface area contributed by atoms with Crippen molar-refractivity contribution < 1.29 is 22.3 Å². The third kappa shape index (κ3) is 5.22. The van der Waals surface area contributed by atoms with Gasteiger partial charge in [-0.15, -0.1) is 13.2 Å². The van der Waals surface area contributed by atoms with Crippen LogP contribution >= 0.6 is 0 Å². The van der Waals surface area contributed by atoms with Gasteiger partial charge in [0, 0.05) is 49.9 Å². The Balaban J connectivity index is 1.65. The third-order valence-corrected chi connectivity index (χ3v) is 6.71. The molecule has 12 heteroatoms. The minimum absolute atomic E-state index is 0.133. The fourth-order valence-electron chi connectivity index (χ4n) is 4.96. The van der Waals surface area contributed by atoms with Crippen LogP contribution in [0.15, 0.2) is 35.1 Å². The molecule has 0 spiro atoms. The SMILES string of the molecule is CCC(c1ccc(OC(F)(F)F)cc1F)N1C[C@H](C)N(c2nc(=O)n(C)c3ccc(C#N)nc23)C[C@H]1C. The summed E-state index contributed by atoms with van der Waals surface area (Å²) in [6.07, 6.45) is -4.38. The number of aryl methyl sites for hydroxylation is 1. The van der Waals surface area contributed by atoms with Gasteiger partial charge in [0.2, 0.25) is 0 Å². The maximum absolute atomic E-state index is 14.9. The predicted octanol–water partition coefficient (Wildman–Crippen LogP) is 4.29. The highest BCUT2D eigenvalue weighted by molar-refractivity contribution is 5.86. The van der Waals surface area contributed by atoms with Gasteiger partial charge in [-0.05, 0) is 38.5 Å². The summed E-state index contributed by atoms with van der Waals surface area (Å²) in [6.45, 7) is 6.69. The number of ether oxygens (including phenoxy) is 1. The van der Waals surface area contributed by atoms with E-state index in [0.29, 0.717) is 36.4 Å². The molecule has 1 fully saturated rings. The van der Waals surface area contributed by atoms with Crippen molar-refractivity contribution in [1.82, 2.24) is 19.4 Å². The van der Waals surface area contributed by atoms with Crippen molar-refractivity contribution in [3.05, 3.63) is 57.9 Å². The van der Waals surface area contributed by atoms with Crippen molar-refractivity contribution in [2.24, 2.45) is 7.05 Å². The van der Waals surface area contributed by atoms with E-state index < -0.39 is 29.7 Å². The topological polar surface area (TPSA) is 87.3 Å². The molecular weight excluding hydrogens is 492 g/mol. The molecule has 2 aromatic heterocycles. The molecule has 1 saturated heterocycles. The number of nitriles is 1. The van der Waals surface area contributed by atoms with E-state index in [-0.39, 0.29) is 23.3 Å². The lowest BCUT2D eigenvalue weighted by Crippen LogP contribution is -2.58. The Morgan fingerprint density at radius 1 is 1.16 bits per heavy atom. The van der Waals surface area contributed by atoms with Gasteiger partial charge in [-0.2, -0.15) is 10.2 Å². The first-order valence-corrected chi connectivity index (χ1v) is 11.8. The van der Waals surface area contributed by atoms with Crippen molar-refractivity contribution in [3.8, 4) is 11.8 Å².